The molecular weight excluding hydrogens is 438 g/mol. The van der Waals surface area contributed by atoms with E-state index in [1.807, 2.05) is 70.2 Å². The predicted molar refractivity (Wildman–Crippen MR) is 133 cm³/mol. The summed E-state index contributed by atoms with van der Waals surface area (Å²) in [6.45, 7) is 10.1. The first-order valence-electron chi connectivity index (χ1n) is 11.3. The third-order valence-corrected chi connectivity index (χ3v) is 5.76. The molecule has 1 aliphatic heterocycles. The van der Waals surface area contributed by atoms with Gasteiger partial charge in [0.15, 0.2) is 0 Å². The van der Waals surface area contributed by atoms with E-state index < -0.39 is 17.7 Å². The fourth-order valence-corrected chi connectivity index (χ4v) is 3.88. The third-order valence-electron chi connectivity index (χ3n) is 5.53. The largest absolute Gasteiger partial charge is 0.444 e. The molecule has 0 fully saturated rings. The van der Waals surface area contributed by atoms with Gasteiger partial charge in [0, 0.05) is 29.2 Å². The van der Waals surface area contributed by atoms with Crippen molar-refractivity contribution in [2.75, 3.05) is 18.0 Å². The maximum atomic E-state index is 13.7. The summed E-state index contributed by atoms with van der Waals surface area (Å²) < 4.78 is 5.32. The predicted octanol–water partition coefficient (Wildman–Crippen LogP) is 5.46. The van der Waals surface area contributed by atoms with E-state index in [0.717, 1.165) is 28.9 Å². The highest BCUT2D eigenvalue weighted by Crippen LogP contribution is 2.32. The van der Waals surface area contributed by atoms with Gasteiger partial charge in [-0.25, -0.2) is 4.79 Å². The Hall–Kier alpha value is -2.86. The SMILES string of the molecule is CC[C@H](C)[C@@H]1N=C(c2ccccc2)c2cc(Cl)ccc2N(CCNC(=O)OC(C)(C)C)C1=O. The topological polar surface area (TPSA) is 71.0 Å². The quantitative estimate of drug-likeness (QED) is 0.610. The van der Waals surface area contributed by atoms with Crippen molar-refractivity contribution in [2.45, 2.75) is 52.7 Å². The van der Waals surface area contributed by atoms with Crippen molar-refractivity contribution < 1.29 is 14.3 Å². The Bertz CT molecular complexity index is 1030. The zero-order chi connectivity index (χ0) is 24.2. The Morgan fingerprint density at radius 1 is 1.21 bits per heavy atom. The number of rotatable bonds is 6. The molecule has 2 atom stereocenters. The highest BCUT2D eigenvalue weighted by atomic mass is 35.5. The van der Waals surface area contributed by atoms with Crippen molar-refractivity contribution in [3.8, 4) is 0 Å². The summed E-state index contributed by atoms with van der Waals surface area (Å²) in [5.74, 6) is -0.0489. The number of nitrogens with one attached hydrogen (secondary N) is 1. The molecule has 2 aromatic carbocycles. The van der Waals surface area contributed by atoms with Crippen LogP contribution in [0.4, 0.5) is 10.5 Å². The van der Waals surface area contributed by atoms with E-state index >= 15 is 0 Å². The minimum Gasteiger partial charge on any atom is -0.444 e. The average Bonchev–Trinajstić information content (AvgIpc) is 2.87. The van der Waals surface area contributed by atoms with Crippen LogP contribution in [0.5, 0.6) is 0 Å². The Kier molecular flexibility index (Phi) is 7.80. The molecule has 7 heteroatoms. The van der Waals surface area contributed by atoms with Crippen molar-refractivity contribution in [3.05, 3.63) is 64.7 Å². The Morgan fingerprint density at radius 2 is 1.91 bits per heavy atom. The number of halogens is 1. The minimum absolute atomic E-state index is 0.0438. The highest BCUT2D eigenvalue weighted by Gasteiger charge is 2.34. The molecule has 0 radical (unpaired) electrons. The van der Waals surface area contributed by atoms with E-state index in [4.69, 9.17) is 21.3 Å². The molecule has 0 aliphatic carbocycles. The van der Waals surface area contributed by atoms with Gasteiger partial charge in [0.2, 0.25) is 0 Å². The van der Waals surface area contributed by atoms with Crippen molar-refractivity contribution in [1.29, 1.82) is 0 Å². The van der Waals surface area contributed by atoms with Crippen molar-refractivity contribution >= 4 is 35.0 Å². The first-order chi connectivity index (χ1) is 15.6. The number of alkyl carbamates (subject to hydrolysis) is 1. The molecule has 0 bridgehead atoms. The second kappa shape index (κ2) is 10.4. The van der Waals surface area contributed by atoms with Gasteiger partial charge in [0.05, 0.1) is 11.4 Å². The van der Waals surface area contributed by atoms with Crippen molar-refractivity contribution in [1.82, 2.24) is 5.32 Å². The zero-order valence-electron chi connectivity index (χ0n) is 19.9. The van der Waals surface area contributed by atoms with Gasteiger partial charge in [-0.15, -0.1) is 0 Å². The molecule has 0 unspecified atom stereocenters. The number of fused-ring (bicyclic) bond motifs is 1. The van der Waals surface area contributed by atoms with Crippen LogP contribution in [0.25, 0.3) is 0 Å². The van der Waals surface area contributed by atoms with E-state index in [1.54, 1.807) is 11.0 Å². The lowest BCUT2D eigenvalue weighted by atomic mass is 9.98. The van der Waals surface area contributed by atoms with Crippen LogP contribution in [-0.4, -0.2) is 42.4 Å². The second-order valence-corrected chi connectivity index (χ2v) is 9.69. The number of aliphatic imine (C=N–C) groups is 1. The van der Waals surface area contributed by atoms with Gasteiger partial charge in [0.25, 0.3) is 5.91 Å². The van der Waals surface area contributed by atoms with Crippen LogP contribution < -0.4 is 10.2 Å². The number of nitrogens with zero attached hydrogens (tertiary/aromatic N) is 2. The molecule has 0 saturated heterocycles. The minimum atomic E-state index is -0.591. The summed E-state index contributed by atoms with van der Waals surface area (Å²) in [6.07, 6.45) is 0.295. The summed E-state index contributed by atoms with van der Waals surface area (Å²) in [5.41, 5.74) is 2.60. The van der Waals surface area contributed by atoms with Gasteiger partial charge in [-0.1, -0.05) is 62.2 Å². The molecule has 0 spiro atoms. The number of benzodiazepines with no additional fused rings is 1. The third kappa shape index (κ3) is 6.14. The molecule has 6 nitrogen and oxygen atoms in total. The standard InChI is InChI=1S/C26H32ClN3O3/c1-6-17(2)22-24(31)30(15-14-28-25(32)33-26(3,4)5)21-13-12-19(27)16-20(21)23(29-22)18-10-8-7-9-11-18/h7-13,16-17,22H,6,14-15H2,1-5H3,(H,28,32)/t17-,22-/m0/s1. The van der Waals surface area contributed by atoms with E-state index in [2.05, 4.69) is 12.2 Å². The van der Waals surface area contributed by atoms with Crippen LogP contribution in [0.2, 0.25) is 5.02 Å². The fourth-order valence-electron chi connectivity index (χ4n) is 3.71. The monoisotopic (exact) mass is 469 g/mol. The number of benzene rings is 2. The first kappa shape index (κ1) is 24.8. The Balaban J connectivity index is 2.00. The van der Waals surface area contributed by atoms with Gasteiger partial charge in [-0.05, 0) is 44.9 Å². The number of hydrogen-bond acceptors (Lipinski definition) is 4. The summed E-state index contributed by atoms with van der Waals surface area (Å²) in [4.78, 5) is 32.5. The maximum absolute atomic E-state index is 13.7. The summed E-state index contributed by atoms with van der Waals surface area (Å²) >= 11 is 6.37. The molecule has 33 heavy (non-hydrogen) atoms. The first-order valence-corrected chi connectivity index (χ1v) is 11.7. The maximum Gasteiger partial charge on any atom is 0.407 e. The van der Waals surface area contributed by atoms with E-state index in [1.165, 1.54) is 0 Å². The Labute approximate surface area is 201 Å². The molecule has 0 saturated carbocycles. The summed E-state index contributed by atoms with van der Waals surface area (Å²) in [7, 11) is 0. The molecule has 1 N–H and O–H groups in total. The molecule has 0 aromatic heterocycles. The molecular formula is C26H32ClN3O3. The summed E-state index contributed by atoms with van der Waals surface area (Å²) in [6, 6.07) is 14.8. The lowest BCUT2D eigenvalue weighted by molar-refractivity contribution is -0.120. The van der Waals surface area contributed by atoms with Crippen LogP contribution in [0.1, 0.15) is 52.2 Å². The number of amides is 2. The van der Waals surface area contributed by atoms with Crippen LogP contribution in [-0.2, 0) is 9.53 Å². The lowest BCUT2D eigenvalue weighted by Crippen LogP contribution is -2.45. The van der Waals surface area contributed by atoms with Crippen LogP contribution in [0, 0.1) is 5.92 Å². The zero-order valence-corrected chi connectivity index (χ0v) is 20.6. The summed E-state index contributed by atoms with van der Waals surface area (Å²) in [5, 5.41) is 3.32. The number of anilines is 1. The Morgan fingerprint density at radius 3 is 2.55 bits per heavy atom. The van der Waals surface area contributed by atoms with Crippen LogP contribution in [0.3, 0.4) is 0 Å². The molecule has 1 heterocycles. The van der Waals surface area contributed by atoms with Gasteiger partial charge in [-0.3, -0.25) is 9.79 Å². The number of ether oxygens (including phenoxy) is 1. The van der Waals surface area contributed by atoms with E-state index in [9.17, 15) is 9.59 Å². The molecule has 2 amide bonds. The number of carbonyl (C=O) groups excluding carboxylic acids is 2. The molecule has 1 aliphatic rings. The normalized spacial score (nSPS) is 17.0. The van der Waals surface area contributed by atoms with Crippen molar-refractivity contribution in [2.24, 2.45) is 10.9 Å². The smallest absolute Gasteiger partial charge is 0.407 e. The van der Waals surface area contributed by atoms with Crippen molar-refractivity contribution in [3.63, 3.8) is 0 Å². The van der Waals surface area contributed by atoms with Crippen LogP contribution >= 0.6 is 11.6 Å². The average molecular weight is 470 g/mol. The highest BCUT2D eigenvalue weighted by molar-refractivity contribution is 6.32. The molecule has 176 valence electrons. The lowest BCUT2D eigenvalue weighted by Gasteiger charge is -2.27. The van der Waals surface area contributed by atoms with Gasteiger partial charge in [0.1, 0.15) is 11.6 Å². The van der Waals surface area contributed by atoms with E-state index in [0.29, 0.717) is 5.02 Å². The number of carbonyl (C=O) groups is 2. The molecule has 2 aromatic rings. The van der Waals surface area contributed by atoms with Gasteiger partial charge in [-0.2, -0.15) is 0 Å². The van der Waals surface area contributed by atoms with Gasteiger partial charge < -0.3 is 15.0 Å². The number of hydrogen-bond donors (Lipinski definition) is 1. The van der Waals surface area contributed by atoms with Crippen LogP contribution in [0.15, 0.2) is 53.5 Å². The van der Waals surface area contributed by atoms with E-state index in [-0.39, 0.29) is 24.9 Å². The second-order valence-electron chi connectivity index (χ2n) is 9.25. The molecule has 3 rings (SSSR count). The van der Waals surface area contributed by atoms with Gasteiger partial charge >= 0.3 is 6.09 Å². The fraction of sp³-hybridized carbons (Fsp3) is 0.423.